The van der Waals surface area contributed by atoms with Crippen LogP contribution in [-0.2, 0) is 6.54 Å². The van der Waals surface area contributed by atoms with E-state index < -0.39 is 6.10 Å². The zero-order valence-electron chi connectivity index (χ0n) is 14.0. The average molecular weight is 391 g/mol. The molecule has 140 valence electrons. The summed E-state index contributed by atoms with van der Waals surface area (Å²) < 4.78 is 6.90. The van der Waals surface area contributed by atoms with Crippen LogP contribution in [0.15, 0.2) is 29.2 Å². The first kappa shape index (κ1) is 21.7. The van der Waals surface area contributed by atoms with Crippen molar-refractivity contribution in [1.29, 1.82) is 0 Å². The number of β-amino-alcohol motifs (C(OH)–C–C–N with tert-alkyl or cyclic N) is 1. The number of methoxy groups -OCH3 is 1. The molecule has 0 aliphatic carbocycles. The monoisotopic (exact) mass is 390 g/mol. The molecule has 0 aromatic carbocycles. The number of likely N-dealkylation sites (tertiary alicyclic amines) is 1. The molecule has 3 rings (SSSR count). The fourth-order valence-corrected chi connectivity index (χ4v) is 2.95. The van der Waals surface area contributed by atoms with Crippen LogP contribution in [0.3, 0.4) is 0 Å². The summed E-state index contributed by atoms with van der Waals surface area (Å²) in [5.74, 6) is 0.621. The summed E-state index contributed by atoms with van der Waals surface area (Å²) in [5, 5.41) is 9.88. The maximum Gasteiger partial charge on any atom is 0.251 e. The van der Waals surface area contributed by atoms with E-state index in [0.717, 1.165) is 24.0 Å². The van der Waals surface area contributed by atoms with E-state index in [-0.39, 0.29) is 36.4 Å². The minimum absolute atomic E-state index is 0. The Bertz CT molecular complexity index is 756. The lowest BCUT2D eigenvalue weighted by Crippen LogP contribution is -2.51. The summed E-state index contributed by atoms with van der Waals surface area (Å²) in [7, 11) is 1.58. The fraction of sp³-hybridized carbons (Fsp3) is 0.500. The van der Waals surface area contributed by atoms with Crippen LogP contribution in [0.5, 0.6) is 5.75 Å². The van der Waals surface area contributed by atoms with Gasteiger partial charge in [-0.15, -0.1) is 24.8 Å². The standard InChI is InChI=1S/C16H22N4O3.2ClH/c1-23-11-8-14-13(18-9-11)2-3-16(22)20(14)7-6-19-5-4-12(17)15(21)10-19;;/h2-3,8-9,12,15,21H,4-7,10,17H2,1H3;2*1H/t12-,15+;;/m1../s1. The van der Waals surface area contributed by atoms with Gasteiger partial charge in [0.1, 0.15) is 5.75 Å². The SMILES string of the molecule is COc1cnc2ccc(=O)n(CCN3CC[C@@H](N)[C@@H](O)C3)c2c1.Cl.Cl. The third kappa shape index (κ3) is 4.83. The second kappa shape index (κ2) is 9.35. The summed E-state index contributed by atoms with van der Waals surface area (Å²) in [5.41, 5.74) is 7.27. The molecule has 1 saturated heterocycles. The van der Waals surface area contributed by atoms with E-state index in [4.69, 9.17) is 10.5 Å². The molecular formula is C16H24Cl2N4O3. The Balaban J connectivity index is 0.00000156. The summed E-state index contributed by atoms with van der Waals surface area (Å²) in [6, 6.07) is 4.92. The number of aliphatic hydroxyl groups is 1. The molecule has 9 heteroatoms. The van der Waals surface area contributed by atoms with Gasteiger partial charge in [-0.2, -0.15) is 0 Å². The number of ether oxygens (including phenoxy) is 1. The van der Waals surface area contributed by atoms with Gasteiger partial charge in [-0.1, -0.05) is 0 Å². The van der Waals surface area contributed by atoms with Crippen molar-refractivity contribution in [3.05, 3.63) is 34.7 Å². The summed E-state index contributed by atoms with van der Waals surface area (Å²) in [6.07, 6.45) is 1.90. The maximum atomic E-state index is 12.2. The van der Waals surface area contributed by atoms with E-state index in [0.29, 0.717) is 25.4 Å². The number of piperidine rings is 1. The number of nitrogens with zero attached hydrogens (tertiary/aromatic N) is 3. The van der Waals surface area contributed by atoms with E-state index in [1.165, 1.54) is 6.07 Å². The molecule has 25 heavy (non-hydrogen) atoms. The molecule has 2 atom stereocenters. The third-order valence-corrected chi connectivity index (χ3v) is 4.41. The van der Waals surface area contributed by atoms with Crippen molar-refractivity contribution >= 4 is 35.8 Å². The molecule has 7 nitrogen and oxygen atoms in total. The Morgan fingerprint density at radius 1 is 1.36 bits per heavy atom. The molecule has 1 aliphatic rings. The van der Waals surface area contributed by atoms with Gasteiger partial charge >= 0.3 is 0 Å². The zero-order chi connectivity index (χ0) is 16.4. The first-order chi connectivity index (χ1) is 11.1. The number of pyridine rings is 2. The predicted octanol–water partition coefficient (Wildman–Crippen LogP) is 0.643. The molecule has 0 amide bonds. The van der Waals surface area contributed by atoms with Gasteiger partial charge in [0.15, 0.2) is 0 Å². The van der Waals surface area contributed by atoms with Crippen molar-refractivity contribution < 1.29 is 9.84 Å². The van der Waals surface area contributed by atoms with Gasteiger partial charge in [-0.05, 0) is 19.0 Å². The van der Waals surface area contributed by atoms with Crippen LogP contribution in [0.1, 0.15) is 6.42 Å². The van der Waals surface area contributed by atoms with E-state index in [1.54, 1.807) is 23.9 Å². The Labute approximate surface area is 158 Å². The lowest BCUT2D eigenvalue weighted by Gasteiger charge is -2.34. The molecule has 0 unspecified atom stereocenters. The van der Waals surface area contributed by atoms with Crippen molar-refractivity contribution in [3.8, 4) is 5.75 Å². The van der Waals surface area contributed by atoms with Crippen LogP contribution < -0.4 is 16.0 Å². The van der Waals surface area contributed by atoms with Gasteiger partial charge in [0, 0.05) is 37.8 Å². The number of fused-ring (bicyclic) bond motifs is 1. The highest BCUT2D eigenvalue weighted by Crippen LogP contribution is 2.17. The number of halogens is 2. The number of rotatable bonds is 4. The van der Waals surface area contributed by atoms with E-state index >= 15 is 0 Å². The minimum atomic E-state index is -0.505. The van der Waals surface area contributed by atoms with Crippen LogP contribution in [0, 0.1) is 0 Å². The second-order valence-electron chi connectivity index (χ2n) is 5.92. The van der Waals surface area contributed by atoms with Crippen LogP contribution in [0.4, 0.5) is 0 Å². The quantitative estimate of drug-likeness (QED) is 0.795. The van der Waals surface area contributed by atoms with E-state index in [1.807, 2.05) is 6.07 Å². The summed E-state index contributed by atoms with van der Waals surface area (Å²) in [4.78, 5) is 18.7. The molecule has 0 bridgehead atoms. The molecule has 0 saturated carbocycles. The number of aliphatic hydroxyl groups excluding tert-OH is 1. The van der Waals surface area contributed by atoms with Gasteiger partial charge in [-0.25, -0.2) is 0 Å². The summed E-state index contributed by atoms with van der Waals surface area (Å²) in [6.45, 7) is 2.59. The van der Waals surface area contributed by atoms with Crippen molar-refractivity contribution in [2.75, 3.05) is 26.7 Å². The van der Waals surface area contributed by atoms with Crippen LogP contribution >= 0.6 is 24.8 Å². The third-order valence-electron chi connectivity index (χ3n) is 4.41. The molecule has 1 fully saturated rings. The Morgan fingerprint density at radius 3 is 2.80 bits per heavy atom. The lowest BCUT2D eigenvalue weighted by molar-refractivity contribution is 0.0520. The molecular weight excluding hydrogens is 367 g/mol. The Morgan fingerprint density at radius 2 is 2.12 bits per heavy atom. The zero-order valence-corrected chi connectivity index (χ0v) is 15.6. The topological polar surface area (TPSA) is 93.6 Å². The number of aromatic nitrogens is 2. The first-order valence-corrected chi connectivity index (χ1v) is 7.78. The molecule has 0 radical (unpaired) electrons. The Hall–Kier alpha value is -1.38. The van der Waals surface area contributed by atoms with Gasteiger partial charge in [-0.3, -0.25) is 14.7 Å². The van der Waals surface area contributed by atoms with E-state index in [9.17, 15) is 9.90 Å². The average Bonchev–Trinajstić information content (AvgIpc) is 2.56. The van der Waals surface area contributed by atoms with Crippen molar-refractivity contribution in [2.45, 2.75) is 25.1 Å². The molecule has 2 aromatic rings. The highest BCUT2D eigenvalue weighted by molar-refractivity contribution is 5.85. The fourth-order valence-electron chi connectivity index (χ4n) is 2.95. The van der Waals surface area contributed by atoms with Gasteiger partial charge in [0.25, 0.3) is 5.56 Å². The molecule has 3 N–H and O–H groups in total. The normalized spacial score (nSPS) is 20.6. The number of hydrogen-bond donors (Lipinski definition) is 2. The molecule has 1 aliphatic heterocycles. The number of nitrogens with two attached hydrogens (primary N) is 1. The van der Waals surface area contributed by atoms with Crippen LogP contribution in [-0.4, -0.2) is 58.4 Å². The second-order valence-corrected chi connectivity index (χ2v) is 5.92. The van der Waals surface area contributed by atoms with Crippen molar-refractivity contribution in [1.82, 2.24) is 14.5 Å². The Kier molecular flexibility index (Phi) is 8.11. The van der Waals surface area contributed by atoms with Crippen LogP contribution in [0.25, 0.3) is 11.0 Å². The first-order valence-electron chi connectivity index (χ1n) is 7.78. The maximum absolute atomic E-state index is 12.2. The number of hydrogen-bond acceptors (Lipinski definition) is 6. The van der Waals surface area contributed by atoms with Crippen molar-refractivity contribution in [3.63, 3.8) is 0 Å². The largest absolute Gasteiger partial charge is 0.495 e. The van der Waals surface area contributed by atoms with E-state index in [2.05, 4.69) is 9.88 Å². The predicted molar refractivity (Wildman–Crippen MR) is 102 cm³/mol. The van der Waals surface area contributed by atoms with Gasteiger partial charge in [0.2, 0.25) is 0 Å². The molecule has 3 heterocycles. The smallest absolute Gasteiger partial charge is 0.251 e. The highest BCUT2D eigenvalue weighted by atomic mass is 35.5. The molecule has 2 aromatic heterocycles. The van der Waals surface area contributed by atoms with Gasteiger partial charge < -0.3 is 20.1 Å². The highest BCUT2D eigenvalue weighted by Gasteiger charge is 2.24. The summed E-state index contributed by atoms with van der Waals surface area (Å²) >= 11 is 0. The van der Waals surface area contributed by atoms with Crippen LogP contribution in [0.2, 0.25) is 0 Å². The molecule has 0 spiro atoms. The van der Waals surface area contributed by atoms with Gasteiger partial charge in [0.05, 0.1) is 30.4 Å². The minimum Gasteiger partial charge on any atom is -0.495 e. The lowest BCUT2D eigenvalue weighted by atomic mass is 10.0. The van der Waals surface area contributed by atoms with Crippen molar-refractivity contribution in [2.24, 2.45) is 5.73 Å².